The lowest BCUT2D eigenvalue weighted by molar-refractivity contribution is 0.603. The topological polar surface area (TPSA) is 46.2 Å². The summed E-state index contributed by atoms with van der Waals surface area (Å²) in [5, 5.41) is 0. The van der Waals surface area contributed by atoms with E-state index in [9.17, 15) is 8.42 Å². The second-order valence-electron chi connectivity index (χ2n) is 3.61. The highest BCUT2D eigenvalue weighted by molar-refractivity contribution is 9.10. The Labute approximate surface area is 123 Å². The van der Waals surface area contributed by atoms with Crippen LogP contribution >= 0.6 is 38.9 Å². The molecule has 1 heterocycles. The molecule has 0 aliphatic carbocycles. The molecular formula is C11H9BrClNO2S2. The summed E-state index contributed by atoms with van der Waals surface area (Å²) < 4.78 is 28.2. The average Bonchev–Trinajstić information content (AvgIpc) is 2.63. The molecule has 1 aromatic heterocycles. The van der Waals surface area contributed by atoms with E-state index in [1.165, 1.54) is 0 Å². The second kappa shape index (κ2) is 5.21. The van der Waals surface area contributed by atoms with Crippen LogP contribution in [-0.2, 0) is 10.0 Å². The molecule has 7 heteroatoms. The summed E-state index contributed by atoms with van der Waals surface area (Å²) in [6.07, 6.45) is 0. The van der Waals surface area contributed by atoms with Crippen molar-refractivity contribution in [2.45, 2.75) is 11.1 Å². The highest BCUT2D eigenvalue weighted by atomic mass is 79.9. The van der Waals surface area contributed by atoms with Gasteiger partial charge in [-0.15, -0.1) is 11.3 Å². The summed E-state index contributed by atoms with van der Waals surface area (Å²) in [6, 6.07) is 8.59. The number of aryl methyl sites for hydroxylation is 1. The van der Waals surface area contributed by atoms with Crippen LogP contribution in [0.15, 0.2) is 39.0 Å². The van der Waals surface area contributed by atoms with Gasteiger partial charge in [0.25, 0.3) is 10.0 Å². The van der Waals surface area contributed by atoms with Gasteiger partial charge in [-0.05, 0) is 46.6 Å². The minimum absolute atomic E-state index is 0.209. The number of nitrogens with one attached hydrogen (secondary N) is 1. The van der Waals surface area contributed by atoms with Crippen LogP contribution in [0.4, 0.5) is 5.69 Å². The van der Waals surface area contributed by atoms with Gasteiger partial charge in [-0.3, -0.25) is 4.72 Å². The smallest absolute Gasteiger partial charge is 0.271 e. The molecule has 0 aliphatic rings. The van der Waals surface area contributed by atoms with Crippen LogP contribution in [0.5, 0.6) is 0 Å². The molecule has 96 valence electrons. The third-order valence-corrected chi connectivity index (χ3v) is 6.30. The maximum absolute atomic E-state index is 12.1. The van der Waals surface area contributed by atoms with Crippen LogP contribution < -0.4 is 4.72 Å². The molecular weight excluding hydrogens is 358 g/mol. The Bertz CT molecular complexity index is 663. The molecule has 1 aromatic carbocycles. The number of sulfonamides is 1. The minimum Gasteiger partial charge on any atom is -0.278 e. The first kappa shape index (κ1) is 13.9. The standard InChI is InChI=1S/C11H9BrClNO2S2/c1-7-6-10(17-11(7)13)18(15,16)14-9-5-3-2-4-8(9)12/h2-6,14H,1H3. The average molecular weight is 367 g/mol. The highest BCUT2D eigenvalue weighted by Crippen LogP contribution is 2.32. The summed E-state index contributed by atoms with van der Waals surface area (Å²) in [5.41, 5.74) is 1.26. The number of hydrogen-bond donors (Lipinski definition) is 1. The van der Waals surface area contributed by atoms with Gasteiger partial charge in [-0.2, -0.15) is 0 Å². The Morgan fingerprint density at radius 3 is 2.56 bits per heavy atom. The molecule has 0 spiro atoms. The Balaban J connectivity index is 2.36. The monoisotopic (exact) mass is 365 g/mol. The minimum atomic E-state index is -3.58. The lowest BCUT2D eigenvalue weighted by Crippen LogP contribution is -2.11. The van der Waals surface area contributed by atoms with E-state index in [1.54, 1.807) is 31.2 Å². The fraction of sp³-hybridized carbons (Fsp3) is 0.0909. The van der Waals surface area contributed by atoms with Crippen LogP contribution in [-0.4, -0.2) is 8.42 Å². The van der Waals surface area contributed by atoms with Gasteiger partial charge in [0, 0.05) is 4.47 Å². The second-order valence-corrected chi connectivity index (χ2v) is 8.03. The SMILES string of the molecule is Cc1cc(S(=O)(=O)Nc2ccccc2Br)sc1Cl. The molecule has 18 heavy (non-hydrogen) atoms. The van der Waals surface area contributed by atoms with Crippen LogP contribution in [0.25, 0.3) is 0 Å². The Morgan fingerprint density at radius 1 is 1.33 bits per heavy atom. The molecule has 1 N–H and O–H groups in total. The number of hydrogen-bond acceptors (Lipinski definition) is 3. The van der Waals surface area contributed by atoms with E-state index in [0.717, 1.165) is 16.9 Å². The number of halogens is 2. The maximum Gasteiger partial charge on any atom is 0.271 e. The van der Waals surface area contributed by atoms with Crippen molar-refractivity contribution in [3.05, 3.63) is 44.7 Å². The first-order chi connectivity index (χ1) is 8.40. The zero-order valence-corrected chi connectivity index (χ0v) is 13.3. The van der Waals surface area contributed by atoms with Crippen molar-refractivity contribution < 1.29 is 8.42 Å². The van der Waals surface area contributed by atoms with Gasteiger partial charge < -0.3 is 0 Å². The van der Waals surface area contributed by atoms with Crippen molar-refractivity contribution in [1.29, 1.82) is 0 Å². The van der Waals surface area contributed by atoms with E-state index in [1.807, 2.05) is 6.07 Å². The van der Waals surface area contributed by atoms with Gasteiger partial charge >= 0.3 is 0 Å². The fourth-order valence-corrected chi connectivity index (χ4v) is 4.61. The van der Waals surface area contributed by atoms with Crippen LogP contribution in [0.1, 0.15) is 5.56 Å². The molecule has 2 aromatic rings. The predicted molar refractivity (Wildman–Crippen MR) is 79.0 cm³/mol. The Morgan fingerprint density at radius 2 is 2.00 bits per heavy atom. The quantitative estimate of drug-likeness (QED) is 0.881. The molecule has 0 bridgehead atoms. The zero-order valence-electron chi connectivity index (χ0n) is 9.28. The zero-order chi connectivity index (χ0) is 13.3. The van der Waals surface area contributed by atoms with Crippen molar-refractivity contribution in [1.82, 2.24) is 0 Å². The van der Waals surface area contributed by atoms with Crippen LogP contribution in [0.2, 0.25) is 4.34 Å². The van der Waals surface area contributed by atoms with E-state index in [4.69, 9.17) is 11.6 Å². The Kier molecular flexibility index (Phi) is 4.01. The van der Waals surface area contributed by atoms with E-state index >= 15 is 0 Å². The first-order valence-electron chi connectivity index (χ1n) is 4.93. The van der Waals surface area contributed by atoms with Gasteiger partial charge in [-0.25, -0.2) is 8.42 Å². The van der Waals surface area contributed by atoms with Crippen LogP contribution in [0, 0.1) is 6.92 Å². The molecule has 2 rings (SSSR count). The third-order valence-electron chi connectivity index (χ3n) is 2.22. The fourth-order valence-electron chi connectivity index (χ4n) is 1.30. The molecule has 0 aliphatic heterocycles. The largest absolute Gasteiger partial charge is 0.278 e. The molecule has 0 radical (unpaired) electrons. The van der Waals surface area contributed by atoms with E-state index in [0.29, 0.717) is 14.5 Å². The molecule has 0 amide bonds. The first-order valence-corrected chi connectivity index (χ1v) is 8.40. The van der Waals surface area contributed by atoms with Crippen molar-refractivity contribution >= 4 is 54.6 Å². The number of thiophene rings is 1. The predicted octanol–water partition coefficient (Wildman–Crippen LogP) is 4.27. The van der Waals surface area contributed by atoms with Crippen molar-refractivity contribution in [2.24, 2.45) is 0 Å². The van der Waals surface area contributed by atoms with Gasteiger partial charge in [0.15, 0.2) is 0 Å². The van der Waals surface area contributed by atoms with E-state index < -0.39 is 10.0 Å². The molecule has 0 fully saturated rings. The number of benzene rings is 1. The van der Waals surface area contributed by atoms with Gasteiger partial charge in [0.1, 0.15) is 4.21 Å². The highest BCUT2D eigenvalue weighted by Gasteiger charge is 2.19. The normalized spacial score (nSPS) is 11.5. The summed E-state index contributed by atoms with van der Waals surface area (Å²) in [6.45, 7) is 1.77. The molecule has 0 saturated carbocycles. The number of rotatable bonds is 3. The number of para-hydroxylation sites is 1. The molecule has 0 saturated heterocycles. The van der Waals surface area contributed by atoms with E-state index in [-0.39, 0.29) is 4.21 Å². The van der Waals surface area contributed by atoms with Crippen molar-refractivity contribution in [2.75, 3.05) is 4.72 Å². The molecule has 0 unspecified atom stereocenters. The maximum atomic E-state index is 12.1. The third kappa shape index (κ3) is 2.88. The van der Waals surface area contributed by atoms with Crippen LogP contribution in [0.3, 0.4) is 0 Å². The van der Waals surface area contributed by atoms with E-state index in [2.05, 4.69) is 20.7 Å². The lowest BCUT2D eigenvalue weighted by atomic mass is 10.3. The number of anilines is 1. The van der Waals surface area contributed by atoms with Crippen molar-refractivity contribution in [3.63, 3.8) is 0 Å². The lowest BCUT2D eigenvalue weighted by Gasteiger charge is -2.07. The van der Waals surface area contributed by atoms with Gasteiger partial charge in [-0.1, -0.05) is 23.7 Å². The molecule has 3 nitrogen and oxygen atoms in total. The Hall–Kier alpha value is -0.560. The van der Waals surface area contributed by atoms with Gasteiger partial charge in [0.2, 0.25) is 0 Å². The van der Waals surface area contributed by atoms with Crippen molar-refractivity contribution in [3.8, 4) is 0 Å². The van der Waals surface area contributed by atoms with Gasteiger partial charge in [0.05, 0.1) is 10.0 Å². The summed E-state index contributed by atoms with van der Waals surface area (Å²) >= 11 is 10.2. The summed E-state index contributed by atoms with van der Waals surface area (Å²) in [4.78, 5) is 0. The summed E-state index contributed by atoms with van der Waals surface area (Å²) in [7, 11) is -3.58. The molecule has 0 atom stereocenters. The summed E-state index contributed by atoms with van der Waals surface area (Å²) in [5.74, 6) is 0.